The molecule has 4 aromatic rings. The summed E-state index contributed by atoms with van der Waals surface area (Å²) in [6.45, 7) is 2.80. The second-order valence-electron chi connectivity index (χ2n) is 7.19. The number of aromatic amines is 1. The van der Waals surface area contributed by atoms with Gasteiger partial charge in [0.25, 0.3) is 6.43 Å². The Labute approximate surface area is 181 Å². The topological polar surface area (TPSA) is 110 Å². The lowest BCUT2D eigenvalue weighted by Crippen LogP contribution is -2.37. The highest BCUT2D eigenvalue weighted by Crippen LogP contribution is 2.27. The second kappa shape index (κ2) is 8.83. The van der Waals surface area contributed by atoms with Crippen molar-refractivity contribution in [2.45, 2.75) is 12.8 Å². The number of fused-ring (bicyclic) bond motifs is 1. The molecule has 1 aliphatic rings. The number of ether oxygens (including phenoxy) is 1. The molecule has 0 unspecified atom stereocenters. The van der Waals surface area contributed by atoms with Crippen LogP contribution in [0.3, 0.4) is 0 Å². The average Bonchev–Trinajstić information content (AvgIpc) is 3.47. The van der Waals surface area contributed by atoms with Crippen LogP contribution in [0.2, 0.25) is 0 Å². The van der Waals surface area contributed by atoms with Gasteiger partial charge in [0.15, 0.2) is 5.82 Å². The molecule has 1 saturated heterocycles. The number of nitrogens with one attached hydrogen (secondary N) is 2. The lowest BCUT2D eigenvalue weighted by atomic mass is 10.3. The lowest BCUT2D eigenvalue weighted by Gasteiger charge is -2.27. The highest BCUT2D eigenvalue weighted by Gasteiger charge is 2.24. The Balaban J connectivity index is 1.55. The van der Waals surface area contributed by atoms with E-state index in [2.05, 4.69) is 35.2 Å². The molecule has 0 atom stereocenters. The van der Waals surface area contributed by atoms with Gasteiger partial charge in [0.1, 0.15) is 0 Å². The number of morpholine rings is 1. The fraction of sp³-hybridized carbons (Fsp3) is 0.350. The summed E-state index contributed by atoms with van der Waals surface area (Å²) < 4.78 is 34.4. The second-order valence-corrected chi connectivity index (χ2v) is 7.19. The molecule has 3 aromatic heterocycles. The molecule has 1 aliphatic heterocycles. The van der Waals surface area contributed by atoms with Crippen LogP contribution in [0.15, 0.2) is 36.8 Å². The van der Waals surface area contributed by atoms with Crippen LogP contribution in [-0.2, 0) is 11.2 Å². The molecule has 0 radical (unpaired) electrons. The summed E-state index contributed by atoms with van der Waals surface area (Å²) in [5.41, 5.74) is 1.84. The van der Waals surface area contributed by atoms with Crippen molar-refractivity contribution in [3.8, 4) is 5.95 Å². The zero-order valence-corrected chi connectivity index (χ0v) is 17.1. The third-order valence-corrected chi connectivity index (χ3v) is 5.11. The zero-order valence-electron chi connectivity index (χ0n) is 17.1. The van der Waals surface area contributed by atoms with Crippen molar-refractivity contribution in [3.05, 3.63) is 48.3 Å². The molecule has 12 heteroatoms. The third kappa shape index (κ3) is 4.08. The Hall–Kier alpha value is -3.67. The Morgan fingerprint density at radius 2 is 1.88 bits per heavy atom. The summed E-state index contributed by atoms with van der Waals surface area (Å²) in [7, 11) is 0. The average molecular weight is 441 g/mol. The zero-order chi connectivity index (χ0) is 21.9. The smallest absolute Gasteiger partial charge is 0.296 e. The molecule has 0 amide bonds. The van der Waals surface area contributed by atoms with Gasteiger partial charge in [-0.05, 0) is 12.1 Å². The molecule has 0 aliphatic carbocycles. The minimum Gasteiger partial charge on any atom is -0.378 e. The Morgan fingerprint density at radius 1 is 1.06 bits per heavy atom. The van der Waals surface area contributed by atoms with Crippen molar-refractivity contribution < 1.29 is 13.5 Å². The minimum atomic E-state index is -2.79. The van der Waals surface area contributed by atoms with E-state index in [-0.39, 0.29) is 5.95 Å². The molecular weight excluding hydrogens is 420 g/mol. The molecule has 32 heavy (non-hydrogen) atoms. The molecule has 2 N–H and O–H groups in total. The maximum Gasteiger partial charge on any atom is 0.296 e. The number of hydrogen-bond acceptors (Lipinski definition) is 8. The van der Waals surface area contributed by atoms with Gasteiger partial charge in [-0.3, -0.25) is 4.57 Å². The number of imidazole rings is 2. The Bertz CT molecular complexity index is 1190. The maximum atomic E-state index is 13.9. The van der Waals surface area contributed by atoms with E-state index in [0.717, 1.165) is 5.69 Å². The van der Waals surface area contributed by atoms with Crippen molar-refractivity contribution in [2.24, 2.45) is 0 Å². The van der Waals surface area contributed by atoms with Crippen molar-refractivity contribution in [1.82, 2.24) is 34.5 Å². The fourth-order valence-electron chi connectivity index (χ4n) is 3.57. The van der Waals surface area contributed by atoms with E-state index in [4.69, 9.17) is 4.74 Å². The largest absolute Gasteiger partial charge is 0.378 e. The van der Waals surface area contributed by atoms with Crippen LogP contribution >= 0.6 is 0 Å². The molecule has 0 saturated carbocycles. The number of alkyl halides is 2. The molecule has 0 spiro atoms. The first-order chi connectivity index (χ1) is 15.7. The summed E-state index contributed by atoms with van der Waals surface area (Å²) in [5.74, 6) is 0.379. The lowest BCUT2D eigenvalue weighted by molar-refractivity contribution is 0.122. The number of H-pyrrole nitrogens is 1. The van der Waals surface area contributed by atoms with Crippen LogP contribution in [0.1, 0.15) is 17.9 Å². The predicted octanol–water partition coefficient (Wildman–Crippen LogP) is 2.36. The van der Waals surface area contributed by atoms with E-state index in [9.17, 15) is 8.78 Å². The maximum absolute atomic E-state index is 13.9. The number of anilines is 2. The van der Waals surface area contributed by atoms with Gasteiger partial charge in [-0.1, -0.05) is 12.1 Å². The van der Waals surface area contributed by atoms with E-state index in [1.165, 1.54) is 4.57 Å². The fourth-order valence-corrected chi connectivity index (χ4v) is 3.57. The normalized spacial score (nSPS) is 14.4. The number of hydrogen-bond donors (Lipinski definition) is 2. The van der Waals surface area contributed by atoms with Crippen molar-refractivity contribution >= 4 is 22.9 Å². The summed E-state index contributed by atoms with van der Waals surface area (Å²) in [4.78, 5) is 26.7. The molecule has 10 nitrogen and oxygen atoms in total. The monoisotopic (exact) mass is 441 g/mol. The molecule has 166 valence electrons. The van der Waals surface area contributed by atoms with Crippen LogP contribution in [0.4, 0.5) is 20.7 Å². The van der Waals surface area contributed by atoms with E-state index in [0.29, 0.717) is 62.2 Å². The van der Waals surface area contributed by atoms with Crippen LogP contribution in [0, 0.1) is 0 Å². The first-order valence-corrected chi connectivity index (χ1v) is 10.3. The number of benzene rings is 1. The first-order valence-electron chi connectivity index (χ1n) is 10.3. The first kappa shape index (κ1) is 20.2. The summed E-state index contributed by atoms with van der Waals surface area (Å²) in [6, 6.07) is 6.92. The van der Waals surface area contributed by atoms with Gasteiger partial charge >= 0.3 is 0 Å². The van der Waals surface area contributed by atoms with Crippen LogP contribution in [-0.4, -0.2) is 67.3 Å². The molecule has 0 bridgehead atoms. The van der Waals surface area contributed by atoms with Gasteiger partial charge in [0, 0.05) is 32.3 Å². The van der Waals surface area contributed by atoms with Crippen LogP contribution in [0.5, 0.6) is 0 Å². The number of nitrogens with zero attached hydrogens (tertiary/aromatic N) is 7. The molecule has 5 rings (SSSR count). The number of rotatable bonds is 7. The third-order valence-electron chi connectivity index (χ3n) is 5.11. The number of para-hydroxylation sites is 2. The summed E-state index contributed by atoms with van der Waals surface area (Å²) >= 11 is 0. The summed E-state index contributed by atoms with van der Waals surface area (Å²) in [6.07, 6.45) is 1.28. The quantitative estimate of drug-likeness (QED) is 0.450. The summed E-state index contributed by atoms with van der Waals surface area (Å²) in [5, 5.41) is 3.17. The predicted molar refractivity (Wildman–Crippen MR) is 113 cm³/mol. The highest BCUT2D eigenvalue weighted by molar-refractivity contribution is 5.77. The van der Waals surface area contributed by atoms with Crippen LogP contribution in [0.25, 0.3) is 17.0 Å². The van der Waals surface area contributed by atoms with Gasteiger partial charge in [0.05, 0.1) is 36.3 Å². The standard InChI is InChI=1S/C20H21F2N9O/c21-16(22)17-26-14-3-1-2-4-15(14)31(17)20-28-18(24-6-5-13-11-23-12-25-13)27-19(29-20)30-7-9-32-10-8-30/h1-4,11-12,16H,5-10H2,(H,23,25)(H,24,27,28,29). The van der Waals surface area contributed by atoms with Gasteiger partial charge in [-0.25, -0.2) is 18.7 Å². The number of aromatic nitrogens is 7. The Kier molecular flexibility index (Phi) is 5.58. The van der Waals surface area contributed by atoms with Gasteiger partial charge in [-0.2, -0.15) is 15.0 Å². The van der Waals surface area contributed by atoms with E-state index in [1.54, 1.807) is 30.6 Å². The molecule has 4 heterocycles. The van der Waals surface area contributed by atoms with Crippen LogP contribution < -0.4 is 10.2 Å². The molecule has 1 fully saturated rings. The minimum absolute atomic E-state index is 0.0905. The van der Waals surface area contributed by atoms with Crippen molar-refractivity contribution in [1.29, 1.82) is 0 Å². The molecular formula is C20H21F2N9O. The van der Waals surface area contributed by atoms with Gasteiger partial charge in [-0.15, -0.1) is 0 Å². The van der Waals surface area contributed by atoms with Gasteiger partial charge in [0.2, 0.25) is 17.8 Å². The number of halogens is 2. The van der Waals surface area contributed by atoms with Gasteiger partial charge < -0.3 is 19.9 Å². The van der Waals surface area contributed by atoms with E-state index in [1.807, 2.05) is 11.1 Å². The Morgan fingerprint density at radius 3 is 2.66 bits per heavy atom. The molecule has 1 aromatic carbocycles. The SMILES string of the molecule is FC(F)c1nc2ccccc2n1-c1nc(NCCc2c[nH]cn2)nc(N2CCOCC2)n1. The van der Waals surface area contributed by atoms with Crippen molar-refractivity contribution in [2.75, 3.05) is 43.1 Å². The van der Waals surface area contributed by atoms with E-state index >= 15 is 0 Å². The van der Waals surface area contributed by atoms with E-state index < -0.39 is 12.2 Å². The van der Waals surface area contributed by atoms with Crippen molar-refractivity contribution in [3.63, 3.8) is 0 Å². The highest BCUT2D eigenvalue weighted by atomic mass is 19.3.